The first kappa shape index (κ1) is 16.1. The third-order valence-corrected chi connectivity index (χ3v) is 2.43. The third-order valence-electron chi connectivity index (χ3n) is 2.43. The van der Waals surface area contributed by atoms with Crippen LogP contribution in [-0.2, 0) is 22.1 Å². The summed E-state index contributed by atoms with van der Waals surface area (Å²) < 4.78 is 72.6. The molecule has 0 aliphatic carbocycles. The highest BCUT2D eigenvalue weighted by atomic mass is 19.4. The van der Waals surface area contributed by atoms with E-state index >= 15 is 0 Å². The van der Waals surface area contributed by atoms with Crippen LogP contribution in [0.5, 0.6) is 5.75 Å². The molecule has 0 aliphatic heterocycles. The van der Waals surface area contributed by atoms with Gasteiger partial charge in [-0.1, -0.05) is 0 Å². The Morgan fingerprint density at radius 2 is 1.95 bits per heavy atom. The molecule has 0 saturated carbocycles. The molecule has 1 aromatic heterocycles. The van der Waals surface area contributed by atoms with Crippen LogP contribution in [0.25, 0.3) is 0 Å². The Morgan fingerprint density at radius 1 is 1.35 bits per heavy atom. The largest absolute Gasteiger partial charge is 0.496 e. The number of hydrogen-bond donors (Lipinski definition) is 0. The van der Waals surface area contributed by atoms with Gasteiger partial charge in [0.1, 0.15) is 17.0 Å². The lowest BCUT2D eigenvalue weighted by Crippen LogP contribution is -2.15. The second-order valence-electron chi connectivity index (χ2n) is 3.62. The van der Waals surface area contributed by atoms with Gasteiger partial charge in [-0.25, -0.2) is 8.78 Å². The van der Waals surface area contributed by atoms with Crippen LogP contribution in [0.1, 0.15) is 23.2 Å². The van der Waals surface area contributed by atoms with E-state index in [2.05, 4.69) is 14.5 Å². The minimum atomic E-state index is -4.84. The lowest BCUT2D eigenvalue weighted by Gasteiger charge is -2.17. The Morgan fingerprint density at radius 3 is 2.35 bits per heavy atom. The number of ether oxygens (including phenoxy) is 2. The van der Waals surface area contributed by atoms with Crippen LogP contribution in [0.2, 0.25) is 0 Å². The smallest absolute Gasteiger partial charge is 0.421 e. The number of nitrogens with zero attached hydrogens (tertiary/aromatic N) is 1. The average molecular weight is 299 g/mol. The Balaban J connectivity index is 3.50. The summed E-state index contributed by atoms with van der Waals surface area (Å²) >= 11 is 0. The van der Waals surface area contributed by atoms with E-state index in [9.17, 15) is 26.7 Å². The zero-order chi connectivity index (χ0) is 15.5. The number of hydrogen-bond acceptors (Lipinski definition) is 4. The summed E-state index contributed by atoms with van der Waals surface area (Å²) in [5.74, 6) is -1.83. The van der Waals surface area contributed by atoms with Crippen molar-refractivity contribution in [2.75, 3.05) is 14.2 Å². The minimum Gasteiger partial charge on any atom is -0.496 e. The van der Waals surface area contributed by atoms with Crippen LogP contribution < -0.4 is 4.74 Å². The van der Waals surface area contributed by atoms with Gasteiger partial charge in [-0.3, -0.25) is 9.78 Å². The van der Waals surface area contributed by atoms with Gasteiger partial charge in [0.15, 0.2) is 0 Å². The highest BCUT2D eigenvalue weighted by Gasteiger charge is 2.38. The normalized spacial score (nSPS) is 11.6. The first-order valence-electron chi connectivity index (χ1n) is 5.20. The highest BCUT2D eigenvalue weighted by Crippen LogP contribution is 2.40. The Hall–Kier alpha value is -1.93. The quantitative estimate of drug-likeness (QED) is 0.633. The maximum atomic E-state index is 12.8. The number of aromatic nitrogens is 1. The SMILES string of the molecule is COC(=O)Cc1c(C(F)F)ncc(C(F)(F)F)c1OC. The number of carbonyl (C=O) groups is 1. The first-order valence-corrected chi connectivity index (χ1v) is 5.20. The van der Waals surface area contributed by atoms with Crippen molar-refractivity contribution in [2.24, 2.45) is 0 Å². The lowest BCUT2D eigenvalue weighted by molar-refractivity contribution is -0.141. The standard InChI is InChI=1S/C11H10F5NO3/c1-19-7(18)3-5-8(10(12)13)17-4-6(9(5)20-2)11(14,15)16/h4,10H,3H2,1-2H3. The van der Waals surface area contributed by atoms with Gasteiger partial charge in [0.25, 0.3) is 6.43 Å². The van der Waals surface area contributed by atoms with Crippen molar-refractivity contribution >= 4 is 5.97 Å². The second-order valence-corrected chi connectivity index (χ2v) is 3.62. The molecule has 0 aromatic carbocycles. The topological polar surface area (TPSA) is 48.4 Å². The van der Waals surface area contributed by atoms with Crippen molar-refractivity contribution in [2.45, 2.75) is 19.0 Å². The fourth-order valence-electron chi connectivity index (χ4n) is 1.56. The predicted octanol–water partition coefficient (Wildman–Crippen LogP) is 2.76. The van der Waals surface area contributed by atoms with E-state index in [1.54, 1.807) is 0 Å². The van der Waals surface area contributed by atoms with Crippen molar-refractivity contribution < 1.29 is 36.2 Å². The first-order chi connectivity index (χ1) is 9.22. The van der Waals surface area contributed by atoms with E-state index < -0.39 is 47.6 Å². The average Bonchev–Trinajstić information content (AvgIpc) is 2.36. The number of halogens is 5. The number of pyridine rings is 1. The summed E-state index contributed by atoms with van der Waals surface area (Å²) in [7, 11) is 1.87. The summed E-state index contributed by atoms with van der Waals surface area (Å²) in [4.78, 5) is 14.2. The van der Waals surface area contributed by atoms with E-state index in [0.29, 0.717) is 0 Å². The molecular formula is C11H10F5NO3. The molecule has 20 heavy (non-hydrogen) atoms. The molecule has 1 heterocycles. The molecule has 0 amide bonds. The van der Waals surface area contributed by atoms with Crippen molar-refractivity contribution in [3.05, 3.63) is 23.0 Å². The highest BCUT2D eigenvalue weighted by molar-refractivity contribution is 5.74. The molecule has 0 spiro atoms. The van der Waals surface area contributed by atoms with Gasteiger partial charge >= 0.3 is 12.1 Å². The Kier molecular flexibility index (Phi) is 4.85. The van der Waals surface area contributed by atoms with Crippen molar-refractivity contribution in [1.82, 2.24) is 4.98 Å². The summed E-state index contributed by atoms with van der Waals surface area (Å²) in [5.41, 5.74) is -2.91. The van der Waals surface area contributed by atoms with Crippen molar-refractivity contribution in [1.29, 1.82) is 0 Å². The number of carbonyl (C=O) groups excluding carboxylic acids is 1. The summed E-state index contributed by atoms with van der Waals surface area (Å²) in [6.45, 7) is 0. The molecule has 1 aromatic rings. The fourth-order valence-corrected chi connectivity index (χ4v) is 1.56. The zero-order valence-electron chi connectivity index (χ0n) is 10.4. The van der Waals surface area contributed by atoms with Crippen molar-refractivity contribution in [3.8, 4) is 5.75 Å². The number of methoxy groups -OCH3 is 2. The van der Waals surface area contributed by atoms with Crippen molar-refractivity contribution in [3.63, 3.8) is 0 Å². The number of rotatable bonds is 4. The third kappa shape index (κ3) is 3.34. The van der Waals surface area contributed by atoms with Gasteiger partial charge in [0.2, 0.25) is 0 Å². The number of alkyl halides is 5. The molecule has 0 radical (unpaired) electrons. The Bertz CT molecular complexity index is 502. The van der Waals surface area contributed by atoms with Crippen LogP contribution in [-0.4, -0.2) is 25.2 Å². The summed E-state index contributed by atoms with van der Waals surface area (Å²) in [6.07, 6.45) is -8.54. The van der Waals surface area contributed by atoms with E-state index in [1.165, 1.54) is 0 Å². The zero-order valence-corrected chi connectivity index (χ0v) is 10.4. The molecule has 1 rings (SSSR count). The molecule has 0 fully saturated rings. The maximum absolute atomic E-state index is 12.8. The maximum Gasteiger partial charge on any atom is 0.421 e. The van der Waals surface area contributed by atoms with Gasteiger partial charge in [-0.05, 0) is 0 Å². The van der Waals surface area contributed by atoms with Crippen LogP contribution in [0, 0.1) is 0 Å². The lowest BCUT2D eigenvalue weighted by atomic mass is 10.0. The summed E-state index contributed by atoms with van der Waals surface area (Å²) in [5, 5.41) is 0. The predicted molar refractivity (Wildman–Crippen MR) is 56.5 cm³/mol. The number of esters is 1. The van der Waals surface area contributed by atoms with Gasteiger partial charge in [0.05, 0.1) is 20.6 Å². The van der Waals surface area contributed by atoms with Crippen LogP contribution in [0.15, 0.2) is 6.20 Å². The molecule has 9 heteroatoms. The summed E-state index contributed by atoms with van der Waals surface area (Å²) in [6, 6.07) is 0. The molecule has 0 saturated heterocycles. The van der Waals surface area contributed by atoms with Crippen LogP contribution >= 0.6 is 0 Å². The van der Waals surface area contributed by atoms with Crippen LogP contribution in [0.3, 0.4) is 0 Å². The van der Waals surface area contributed by atoms with Gasteiger partial charge < -0.3 is 9.47 Å². The minimum absolute atomic E-state index is 0.251. The fraction of sp³-hybridized carbons (Fsp3) is 0.455. The molecule has 112 valence electrons. The molecule has 0 N–H and O–H groups in total. The molecule has 0 unspecified atom stereocenters. The van der Waals surface area contributed by atoms with Gasteiger partial charge in [0, 0.05) is 11.8 Å². The van der Waals surface area contributed by atoms with Gasteiger partial charge in [-0.15, -0.1) is 0 Å². The van der Waals surface area contributed by atoms with E-state index in [-0.39, 0.29) is 6.20 Å². The van der Waals surface area contributed by atoms with Crippen LogP contribution in [0.4, 0.5) is 22.0 Å². The van der Waals surface area contributed by atoms with E-state index in [1.807, 2.05) is 0 Å². The molecule has 4 nitrogen and oxygen atoms in total. The monoisotopic (exact) mass is 299 g/mol. The molecule has 0 bridgehead atoms. The second kappa shape index (κ2) is 6.02. The van der Waals surface area contributed by atoms with E-state index in [0.717, 1.165) is 14.2 Å². The van der Waals surface area contributed by atoms with Gasteiger partial charge in [-0.2, -0.15) is 13.2 Å². The Labute approximate surface area is 110 Å². The molecule has 0 atom stereocenters. The molecular weight excluding hydrogens is 289 g/mol. The van der Waals surface area contributed by atoms with E-state index in [4.69, 9.17) is 0 Å². The molecule has 0 aliphatic rings.